The first kappa shape index (κ1) is 19.2. The minimum atomic E-state index is 0.0117. The molecule has 2 aromatic carbocycles. The lowest BCUT2D eigenvalue weighted by atomic mass is 10.1. The molecular formula is C24H22BrN3O2. The van der Waals surface area contributed by atoms with Crippen molar-refractivity contribution in [2.24, 2.45) is 0 Å². The molecule has 5 rings (SSSR count). The van der Waals surface area contributed by atoms with Crippen molar-refractivity contribution in [1.82, 2.24) is 10.2 Å². The highest BCUT2D eigenvalue weighted by molar-refractivity contribution is 9.15. The van der Waals surface area contributed by atoms with E-state index in [2.05, 4.69) is 57.3 Å². The minimum Gasteiger partial charge on any atom is -0.421 e. The molecule has 1 saturated carbocycles. The fourth-order valence-corrected chi connectivity index (χ4v) is 4.42. The highest BCUT2D eigenvalue weighted by Gasteiger charge is 2.33. The number of anilines is 1. The summed E-state index contributed by atoms with van der Waals surface area (Å²) in [4.78, 5) is 15.2. The summed E-state index contributed by atoms with van der Waals surface area (Å²) >= 11 is 3.73. The van der Waals surface area contributed by atoms with Gasteiger partial charge in [-0.1, -0.05) is 49.4 Å². The molecule has 0 bridgehead atoms. The topological polar surface area (TPSA) is 59.2 Å². The Balaban J connectivity index is 1.52. The molecule has 30 heavy (non-hydrogen) atoms. The average molecular weight is 464 g/mol. The zero-order valence-corrected chi connectivity index (χ0v) is 18.4. The number of halogens is 1. The van der Waals surface area contributed by atoms with Crippen LogP contribution in [0.15, 0.2) is 52.9 Å². The fourth-order valence-electron chi connectivity index (χ4n) is 3.77. The van der Waals surface area contributed by atoms with Gasteiger partial charge in [-0.05, 0) is 52.4 Å². The molecule has 0 unspecified atom stereocenters. The minimum absolute atomic E-state index is 0.0117. The van der Waals surface area contributed by atoms with Crippen LogP contribution in [0.1, 0.15) is 60.6 Å². The molecule has 0 atom stereocenters. The van der Waals surface area contributed by atoms with Crippen LogP contribution in [-0.2, 0) is 17.8 Å². The number of carbonyl (C=O) groups is 1. The van der Waals surface area contributed by atoms with E-state index in [1.165, 1.54) is 5.56 Å². The van der Waals surface area contributed by atoms with Crippen LogP contribution in [0.3, 0.4) is 0 Å². The van der Waals surface area contributed by atoms with Crippen LogP contribution in [0.25, 0.3) is 10.1 Å². The van der Waals surface area contributed by atoms with E-state index in [4.69, 9.17) is 4.42 Å². The van der Waals surface area contributed by atoms with E-state index in [0.29, 0.717) is 24.2 Å². The van der Waals surface area contributed by atoms with Crippen LogP contribution >= 0.6 is 15.9 Å². The fraction of sp³-hybridized carbons (Fsp3) is 0.292. The Kier molecular flexibility index (Phi) is 5.03. The molecule has 5 nitrogen and oxygen atoms in total. The van der Waals surface area contributed by atoms with Crippen molar-refractivity contribution in [2.75, 3.05) is 4.90 Å². The number of nitrogens with zero attached hydrogens (tertiary/aromatic N) is 3. The van der Waals surface area contributed by atoms with Crippen LogP contribution < -0.4 is 4.90 Å². The lowest BCUT2D eigenvalue weighted by Gasteiger charge is -2.23. The SMILES string of the molecule is CCc1ccc(CN2C(=O)CC(c3nnc(C4CC4)o3)=C(Br)c3ccccc32)cc1. The largest absolute Gasteiger partial charge is 0.421 e. The van der Waals surface area contributed by atoms with Gasteiger partial charge < -0.3 is 9.32 Å². The number of hydrogen-bond acceptors (Lipinski definition) is 4. The number of carbonyl (C=O) groups excluding carboxylic acids is 1. The molecule has 3 aromatic rings. The number of amides is 1. The van der Waals surface area contributed by atoms with E-state index in [1.807, 2.05) is 29.2 Å². The number of para-hydroxylation sites is 1. The summed E-state index contributed by atoms with van der Waals surface area (Å²) < 4.78 is 6.77. The Morgan fingerprint density at radius 2 is 1.80 bits per heavy atom. The zero-order chi connectivity index (χ0) is 20.7. The van der Waals surface area contributed by atoms with Crippen LogP contribution in [0.5, 0.6) is 0 Å². The van der Waals surface area contributed by atoms with E-state index in [9.17, 15) is 4.79 Å². The number of aromatic nitrogens is 2. The van der Waals surface area contributed by atoms with E-state index < -0.39 is 0 Å². The summed E-state index contributed by atoms with van der Waals surface area (Å²) in [5, 5.41) is 8.46. The van der Waals surface area contributed by atoms with Crippen molar-refractivity contribution in [3.05, 3.63) is 77.0 Å². The molecule has 1 fully saturated rings. The Bertz CT molecular complexity index is 1130. The average Bonchev–Trinajstić information content (AvgIpc) is 3.53. The monoisotopic (exact) mass is 463 g/mol. The molecule has 0 saturated heterocycles. The molecule has 6 heteroatoms. The second-order valence-electron chi connectivity index (χ2n) is 7.86. The predicted octanol–water partition coefficient (Wildman–Crippen LogP) is 5.71. The smallest absolute Gasteiger partial charge is 0.245 e. The van der Waals surface area contributed by atoms with Crippen molar-refractivity contribution in [1.29, 1.82) is 0 Å². The van der Waals surface area contributed by atoms with E-state index in [-0.39, 0.29) is 12.3 Å². The second-order valence-corrected chi connectivity index (χ2v) is 8.65. The number of aryl methyl sites for hydroxylation is 1. The van der Waals surface area contributed by atoms with Crippen LogP contribution in [0.2, 0.25) is 0 Å². The van der Waals surface area contributed by atoms with Gasteiger partial charge in [-0.2, -0.15) is 0 Å². The zero-order valence-electron chi connectivity index (χ0n) is 16.8. The van der Waals surface area contributed by atoms with E-state index in [1.54, 1.807) is 0 Å². The molecular weight excluding hydrogens is 442 g/mol. The van der Waals surface area contributed by atoms with Gasteiger partial charge in [0.05, 0.1) is 18.7 Å². The lowest BCUT2D eigenvalue weighted by Crippen LogP contribution is -2.30. The second kappa shape index (κ2) is 7.84. The van der Waals surface area contributed by atoms with Gasteiger partial charge in [-0.3, -0.25) is 4.79 Å². The van der Waals surface area contributed by atoms with Crippen molar-refractivity contribution in [3.8, 4) is 0 Å². The lowest BCUT2D eigenvalue weighted by molar-refractivity contribution is -0.117. The van der Waals surface area contributed by atoms with Gasteiger partial charge in [0.1, 0.15) is 0 Å². The number of hydrogen-bond donors (Lipinski definition) is 0. The standard InChI is InChI=1S/C24H22BrN3O2/c1-2-15-7-9-16(10-8-15)14-28-20-6-4-3-5-18(20)22(25)19(13-21(28)29)24-27-26-23(30-24)17-11-12-17/h3-10,17H,2,11-14H2,1H3. The van der Waals surface area contributed by atoms with Gasteiger partial charge >= 0.3 is 0 Å². The molecule has 0 N–H and O–H groups in total. The number of benzene rings is 2. The van der Waals surface area contributed by atoms with Gasteiger partial charge in [-0.15, -0.1) is 10.2 Å². The summed E-state index contributed by atoms with van der Waals surface area (Å²) in [6, 6.07) is 16.4. The molecule has 0 spiro atoms. The van der Waals surface area contributed by atoms with Gasteiger partial charge in [0.25, 0.3) is 0 Å². The maximum Gasteiger partial charge on any atom is 0.245 e. The van der Waals surface area contributed by atoms with Gasteiger partial charge in [0.2, 0.25) is 17.7 Å². The summed E-state index contributed by atoms with van der Waals surface area (Å²) in [5.74, 6) is 1.50. The normalized spacial score (nSPS) is 16.6. The first-order valence-corrected chi connectivity index (χ1v) is 11.1. The maximum atomic E-state index is 13.4. The molecule has 1 aliphatic heterocycles. The summed E-state index contributed by atoms with van der Waals surface area (Å²) in [5.41, 5.74) is 4.97. The van der Waals surface area contributed by atoms with Crippen LogP contribution in [0.4, 0.5) is 5.69 Å². The Morgan fingerprint density at radius 3 is 2.53 bits per heavy atom. The molecule has 1 amide bonds. The summed E-state index contributed by atoms with van der Waals surface area (Å²) in [6.07, 6.45) is 3.38. The first-order valence-electron chi connectivity index (χ1n) is 10.3. The molecule has 1 aromatic heterocycles. The third-order valence-electron chi connectivity index (χ3n) is 5.72. The number of fused-ring (bicyclic) bond motifs is 1. The van der Waals surface area contributed by atoms with E-state index >= 15 is 0 Å². The van der Waals surface area contributed by atoms with Gasteiger partial charge in [0.15, 0.2) is 0 Å². The van der Waals surface area contributed by atoms with Crippen molar-refractivity contribution in [2.45, 2.75) is 45.1 Å². The highest BCUT2D eigenvalue weighted by Crippen LogP contribution is 2.44. The highest BCUT2D eigenvalue weighted by atomic mass is 79.9. The third kappa shape index (κ3) is 3.60. The molecule has 2 heterocycles. The van der Waals surface area contributed by atoms with Gasteiger partial charge in [-0.25, -0.2) is 0 Å². The molecule has 152 valence electrons. The quantitative estimate of drug-likeness (QED) is 0.486. The molecule has 1 aliphatic carbocycles. The van der Waals surface area contributed by atoms with Crippen LogP contribution in [-0.4, -0.2) is 16.1 Å². The molecule has 2 aliphatic rings. The van der Waals surface area contributed by atoms with Crippen LogP contribution in [0, 0.1) is 0 Å². The third-order valence-corrected chi connectivity index (χ3v) is 6.63. The molecule has 0 radical (unpaired) electrons. The Hall–Kier alpha value is -2.73. The Morgan fingerprint density at radius 1 is 1.07 bits per heavy atom. The van der Waals surface area contributed by atoms with Crippen molar-refractivity contribution < 1.29 is 9.21 Å². The van der Waals surface area contributed by atoms with Gasteiger partial charge in [0, 0.05) is 21.5 Å². The van der Waals surface area contributed by atoms with Crippen molar-refractivity contribution in [3.63, 3.8) is 0 Å². The predicted molar refractivity (Wildman–Crippen MR) is 120 cm³/mol. The Labute approximate surface area is 183 Å². The number of rotatable bonds is 5. The first-order chi connectivity index (χ1) is 14.6. The van der Waals surface area contributed by atoms with Crippen molar-refractivity contribution >= 4 is 37.6 Å². The summed E-state index contributed by atoms with van der Waals surface area (Å²) in [7, 11) is 0. The maximum absolute atomic E-state index is 13.4. The van der Waals surface area contributed by atoms with E-state index in [0.717, 1.165) is 46.1 Å². The summed E-state index contributed by atoms with van der Waals surface area (Å²) in [6.45, 7) is 2.66.